The third kappa shape index (κ3) is 2.03. The summed E-state index contributed by atoms with van der Waals surface area (Å²) in [6, 6.07) is 2.25. The van der Waals surface area contributed by atoms with E-state index in [2.05, 4.69) is 9.72 Å². The highest BCUT2D eigenvalue weighted by Gasteiger charge is 2.27. The number of halogens is 2. The van der Waals surface area contributed by atoms with Crippen molar-refractivity contribution in [2.75, 3.05) is 7.11 Å². The lowest BCUT2D eigenvalue weighted by atomic mass is 10.2. The summed E-state index contributed by atoms with van der Waals surface area (Å²) in [5.41, 5.74) is -2.07. The van der Waals surface area contributed by atoms with E-state index in [0.717, 1.165) is 13.2 Å². The standard InChI is InChI=1S/C8H5F2N3O3/c1-16-7-5(13(14)15)2-4(3-11)12-6(7)8(9)10/h2,8H,1H3. The van der Waals surface area contributed by atoms with Crippen molar-refractivity contribution in [2.45, 2.75) is 6.43 Å². The van der Waals surface area contributed by atoms with Crippen LogP contribution < -0.4 is 4.74 Å². The molecule has 0 unspecified atom stereocenters. The Morgan fingerprint density at radius 3 is 2.69 bits per heavy atom. The van der Waals surface area contributed by atoms with Crippen molar-refractivity contribution in [1.82, 2.24) is 4.98 Å². The summed E-state index contributed by atoms with van der Waals surface area (Å²) in [6.07, 6.45) is -3.05. The zero-order chi connectivity index (χ0) is 12.3. The van der Waals surface area contributed by atoms with Gasteiger partial charge in [-0.2, -0.15) is 5.26 Å². The molecule has 0 spiro atoms. The van der Waals surface area contributed by atoms with Crippen molar-refractivity contribution in [3.63, 3.8) is 0 Å². The summed E-state index contributed by atoms with van der Waals surface area (Å²) >= 11 is 0. The first-order valence-corrected chi connectivity index (χ1v) is 3.92. The van der Waals surface area contributed by atoms with Gasteiger partial charge in [-0.25, -0.2) is 13.8 Å². The number of hydrogen-bond donors (Lipinski definition) is 0. The number of aromatic nitrogens is 1. The maximum atomic E-state index is 12.5. The summed E-state index contributed by atoms with van der Waals surface area (Å²) in [5, 5.41) is 19.1. The lowest BCUT2D eigenvalue weighted by Crippen LogP contribution is -2.03. The third-order valence-corrected chi connectivity index (χ3v) is 1.70. The fourth-order valence-corrected chi connectivity index (χ4v) is 1.09. The van der Waals surface area contributed by atoms with Gasteiger partial charge in [0, 0.05) is 0 Å². The molecule has 1 rings (SSSR count). The number of hydrogen-bond acceptors (Lipinski definition) is 5. The fraction of sp³-hybridized carbons (Fsp3) is 0.250. The molecule has 0 atom stereocenters. The van der Waals surface area contributed by atoms with Gasteiger partial charge in [0.2, 0.25) is 5.75 Å². The van der Waals surface area contributed by atoms with Crippen LogP contribution in [0.1, 0.15) is 17.8 Å². The van der Waals surface area contributed by atoms with Crippen LogP contribution in [0.15, 0.2) is 6.07 Å². The second kappa shape index (κ2) is 4.48. The van der Waals surface area contributed by atoms with E-state index in [4.69, 9.17) is 5.26 Å². The van der Waals surface area contributed by atoms with Crippen LogP contribution in [0.5, 0.6) is 5.75 Å². The van der Waals surface area contributed by atoms with Crippen LogP contribution >= 0.6 is 0 Å². The Morgan fingerprint density at radius 1 is 1.69 bits per heavy atom. The maximum absolute atomic E-state index is 12.5. The van der Waals surface area contributed by atoms with Crippen molar-refractivity contribution in [3.05, 3.63) is 27.6 Å². The Morgan fingerprint density at radius 2 is 2.31 bits per heavy atom. The third-order valence-electron chi connectivity index (χ3n) is 1.70. The van der Waals surface area contributed by atoms with Crippen LogP contribution in [-0.2, 0) is 0 Å². The SMILES string of the molecule is COc1c([N+](=O)[O-])cc(C#N)nc1C(F)F. The molecule has 0 aliphatic rings. The summed E-state index contributed by atoms with van der Waals surface area (Å²) in [5.74, 6) is -0.626. The van der Waals surface area contributed by atoms with Crippen molar-refractivity contribution in [1.29, 1.82) is 5.26 Å². The lowest BCUT2D eigenvalue weighted by Gasteiger charge is -2.07. The number of methoxy groups -OCH3 is 1. The number of rotatable bonds is 3. The predicted octanol–water partition coefficient (Wildman–Crippen LogP) is 1.81. The average molecular weight is 229 g/mol. The van der Waals surface area contributed by atoms with E-state index in [9.17, 15) is 18.9 Å². The smallest absolute Gasteiger partial charge is 0.315 e. The van der Waals surface area contributed by atoms with E-state index in [1.54, 1.807) is 0 Å². The maximum Gasteiger partial charge on any atom is 0.315 e. The molecule has 6 nitrogen and oxygen atoms in total. The predicted molar refractivity (Wildman–Crippen MR) is 47.1 cm³/mol. The fourth-order valence-electron chi connectivity index (χ4n) is 1.09. The zero-order valence-electron chi connectivity index (χ0n) is 7.98. The van der Waals surface area contributed by atoms with E-state index >= 15 is 0 Å². The summed E-state index contributed by atoms with van der Waals surface area (Å²) in [7, 11) is 1.02. The average Bonchev–Trinajstić information content (AvgIpc) is 2.26. The molecular formula is C8H5F2N3O3. The lowest BCUT2D eigenvalue weighted by molar-refractivity contribution is -0.386. The Hall–Kier alpha value is -2.30. The molecule has 1 aromatic rings. The number of pyridine rings is 1. The van der Waals surface area contributed by atoms with Crippen molar-refractivity contribution in [2.24, 2.45) is 0 Å². The van der Waals surface area contributed by atoms with Crippen LogP contribution in [-0.4, -0.2) is 17.0 Å². The molecule has 0 aliphatic carbocycles. The molecular weight excluding hydrogens is 224 g/mol. The minimum Gasteiger partial charge on any atom is -0.489 e. The largest absolute Gasteiger partial charge is 0.489 e. The minimum absolute atomic E-state index is 0.456. The first-order chi connectivity index (χ1) is 7.51. The van der Waals surface area contributed by atoms with Gasteiger partial charge in [-0.1, -0.05) is 0 Å². The second-order valence-electron chi connectivity index (χ2n) is 2.61. The van der Waals surface area contributed by atoms with E-state index < -0.39 is 34.2 Å². The van der Waals surface area contributed by atoms with E-state index in [1.165, 1.54) is 6.07 Å². The van der Waals surface area contributed by atoms with Gasteiger partial charge in [-0.15, -0.1) is 0 Å². The van der Waals surface area contributed by atoms with Gasteiger partial charge >= 0.3 is 5.69 Å². The van der Waals surface area contributed by atoms with Gasteiger partial charge in [0.15, 0.2) is 5.69 Å². The van der Waals surface area contributed by atoms with Gasteiger partial charge in [0.25, 0.3) is 6.43 Å². The first kappa shape index (κ1) is 11.8. The molecule has 0 fully saturated rings. The van der Waals surface area contributed by atoms with Gasteiger partial charge in [0.05, 0.1) is 18.1 Å². The topological polar surface area (TPSA) is 89.0 Å². The molecule has 1 heterocycles. The van der Waals surface area contributed by atoms with Gasteiger partial charge in [0.1, 0.15) is 11.8 Å². The molecule has 8 heteroatoms. The van der Waals surface area contributed by atoms with Crippen LogP contribution in [0, 0.1) is 21.4 Å². The molecule has 0 amide bonds. The quantitative estimate of drug-likeness (QED) is 0.582. The highest BCUT2D eigenvalue weighted by Crippen LogP contribution is 2.35. The number of nitrogens with zero attached hydrogens (tertiary/aromatic N) is 3. The molecule has 0 saturated carbocycles. The summed E-state index contributed by atoms with van der Waals surface area (Å²) < 4.78 is 29.5. The Labute approximate surface area is 88.2 Å². The molecule has 0 radical (unpaired) electrons. The Balaban J connectivity index is 3.54. The van der Waals surface area contributed by atoms with Crippen molar-refractivity contribution >= 4 is 5.69 Å². The van der Waals surface area contributed by atoms with Gasteiger partial charge in [-0.3, -0.25) is 10.1 Å². The summed E-state index contributed by atoms with van der Waals surface area (Å²) in [6.45, 7) is 0. The minimum atomic E-state index is -3.05. The summed E-state index contributed by atoms with van der Waals surface area (Å²) in [4.78, 5) is 12.9. The molecule has 0 N–H and O–H groups in total. The number of nitro groups is 1. The van der Waals surface area contributed by atoms with E-state index in [0.29, 0.717) is 0 Å². The van der Waals surface area contributed by atoms with Crippen LogP contribution in [0.4, 0.5) is 14.5 Å². The first-order valence-electron chi connectivity index (χ1n) is 3.92. The molecule has 16 heavy (non-hydrogen) atoms. The normalized spacial score (nSPS) is 9.94. The number of ether oxygens (including phenoxy) is 1. The number of alkyl halides is 2. The van der Waals surface area contributed by atoms with Crippen molar-refractivity contribution < 1.29 is 18.4 Å². The van der Waals surface area contributed by atoms with Crippen LogP contribution in [0.3, 0.4) is 0 Å². The molecule has 0 aliphatic heterocycles. The monoisotopic (exact) mass is 229 g/mol. The van der Waals surface area contributed by atoms with Crippen LogP contribution in [0.25, 0.3) is 0 Å². The Kier molecular flexibility index (Phi) is 3.30. The van der Waals surface area contributed by atoms with Crippen LogP contribution in [0.2, 0.25) is 0 Å². The van der Waals surface area contributed by atoms with Crippen molar-refractivity contribution in [3.8, 4) is 11.8 Å². The molecule has 1 aromatic heterocycles. The highest BCUT2D eigenvalue weighted by atomic mass is 19.3. The van der Waals surface area contributed by atoms with Gasteiger partial charge in [-0.05, 0) is 0 Å². The molecule has 0 aromatic carbocycles. The van der Waals surface area contributed by atoms with E-state index in [1.807, 2.05) is 0 Å². The van der Waals surface area contributed by atoms with E-state index in [-0.39, 0.29) is 0 Å². The molecule has 0 bridgehead atoms. The molecule has 0 saturated heterocycles. The zero-order valence-corrected chi connectivity index (χ0v) is 7.98. The number of nitriles is 1. The molecule has 84 valence electrons. The highest BCUT2D eigenvalue weighted by molar-refractivity contribution is 5.52. The van der Waals surface area contributed by atoms with Gasteiger partial charge < -0.3 is 4.74 Å². The second-order valence-corrected chi connectivity index (χ2v) is 2.61. The Bertz CT molecular complexity index is 470.